The zero-order valence-corrected chi connectivity index (χ0v) is 16.6. The first-order valence-electron chi connectivity index (χ1n) is 6.20. The Labute approximate surface area is 121 Å². The van der Waals surface area contributed by atoms with Gasteiger partial charge in [-0.25, -0.2) is 0 Å². The van der Waals surface area contributed by atoms with Crippen molar-refractivity contribution in [2.45, 2.75) is 22.9 Å². The number of rotatable bonds is 5. The van der Waals surface area contributed by atoms with Crippen molar-refractivity contribution in [2.75, 3.05) is 21.1 Å². The molecule has 0 aromatic carbocycles. The van der Waals surface area contributed by atoms with Crippen LogP contribution in [0.25, 0.3) is 0 Å². The molecule has 1 rings (SSSR count). The SMILES string of the molecule is C[NH][Zr]([NH]C)([NH]C)[C]1=[C]([Ge]([CH3])([CH3])[C](F)(F)F)C=CC1. The van der Waals surface area contributed by atoms with E-state index in [-0.39, 0.29) is 0 Å². The molecule has 110 valence electrons. The number of nitrogens with one attached hydrogen (secondary N) is 3. The van der Waals surface area contributed by atoms with E-state index in [2.05, 4.69) is 9.78 Å². The summed E-state index contributed by atoms with van der Waals surface area (Å²) in [4.78, 5) is 0. The van der Waals surface area contributed by atoms with Gasteiger partial charge >= 0.3 is 121 Å². The summed E-state index contributed by atoms with van der Waals surface area (Å²) >= 11 is -7.30. The van der Waals surface area contributed by atoms with Gasteiger partial charge in [0.2, 0.25) is 0 Å². The van der Waals surface area contributed by atoms with Crippen LogP contribution in [0.1, 0.15) is 6.42 Å². The van der Waals surface area contributed by atoms with E-state index in [4.69, 9.17) is 0 Å². The number of allylic oxidation sites excluding steroid dienone is 4. The minimum atomic E-state index is -4.07. The Hall–Kier alpha value is 0.576. The van der Waals surface area contributed by atoms with E-state index in [0.29, 0.717) is 10.8 Å². The predicted molar refractivity (Wildman–Crippen MR) is 71.5 cm³/mol. The van der Waals surface area contributed by atoms with Gasteiger partial charge in [-0.15, -0.1) is 0 Å². The summed E-state index contributed by atoms with van der Waals surface area (Å²) < 4.78 is 51.3. The summed E-state index contributed by atoms with van der Waals surface area (Å²) in [7, 11) is 5.46. The number of hydrogen-bond acceptors (Lipinski definition) is 3. The molecule has 0 saturated carbocycles. The zero-order valence-electron chi connectivity index (χ0n) is 12.0. The molecule has 3 N–H and O–H groups in total. The summed E-state index contributed by atoms with van der Waals surface area (Å²) in [6.07, 6.45) is 4.19. The van der Waals surface area contributed by atoms with Crippen LogP contribution in [-0.4, -0.2) is 39.4 Å². The topological polar surface area (TPSA) is 36.1 Å². The molecular weight excluding hydrogens is 395 g/mol. The van der Waals surface area contributed by atoms with Crippen molar-refractivity contribution in [2.24, 2.45) is 0 Å². The molecule has 0 aromatic rings. The Morgan fingerprint density at radius 2 is 1.58 bits per heavy atom. The Morgan fingerprint density at radius 1 is 1.11 bits per heavy atom. The Bertz CT molecular complexity index is 392. The molecule has 0 bridgehead atoms. The van der Waals surface area contributed by atoms with Crippen LogP contribution in [0.5, 0.6) is 0 Å². The van der Waals surface area contributed by atoms with Gasteiger partial charge in [-0.2, -0.15) is 0 Å². The molecule has 0 fully saturated rings. The fraction of sp³-hybridized carbons (Fsp3) is 0.636. The van der Waals surface area contributed by atoms with E-state index in [0.717, 1.165) is 3.28 Å². The zero-order chi connectivity index (χ0) is 14.9. The second-order valence-corrected chi connectivity index (χ2v) is 23.1. The second kappa shape index (κ2) is 6.14. The maximum atomic E-state index is 13.3. The minimum absolute atomic E-state index is 0.585. The molecule has 8 heteroatoms. The molecule has 0 saturated heterocycles. The Morgan fingerprint density at radius 3 is 1.95 bits per heavy atom. The fourth-order valence-corrected chi connectivity index (χ4v) is 18.6. The summed E-state index contributed by atoms with van der Waals surface area (Å²) in [5.41, 5.74) is 0. The van der Waals surface area contributed by atoms with Crippen molar-refractivity contribution >= 4 is 13.3 Å². The maximum absolute atomic E-state index is 13.3. The van der Waals surface area contributed by atoms with Crippen molar-refractivity contribution in [3.8, 4) is 0 Å². The first kappa shape index (κ1) is 17.6. The van der Waals surface area contributed by atoms with Crippen LogP contribution in [0, 0.1) is 0 Å². The van der Waals surface area contributed by atoms with Gasteiger partial charge in [0.05, 0.1) is 0 Å². The van der Waals surface area contributed by atoms with Crippen LogP contribution in [0.2, 0.25) is 11.5 Å². The molecule has 0 radical (unpaired) electrons. The molecule has 0 atom stereocenters. The standard InChI is InChI=1S/C8H10F3Ge.3CH4N.Zr/c1-12(2,8(9,10)11)7-5-3-4-6-7;3*1-2;/h3,5H,4H2,1-2H3;3*2H,1H3;/q;3*-1;+3. The number of alkyl halides is 3. The van der Waals surface area contributed by atoms with Crippen molar-refractivity contribution < 1.29 is 34.3 Å². The van der Waals surface area contributed by atoms with Gasteiger partial charge in [0, 0.05) is 0 Å². The van der Waals surface area contributed by atoms with Crippen molar-refractivity contribution in [3.63, 3.8) is 0 Å². The van der Waals surface area contributed by atoms with Crippen molar-refractivity contribution in [3.05, 3.63) is 19.8 Å². The average Bonchev–Trinajstić information content (AvgIpc) is 2.81. The molecular formula is C11H22F3GeN3Zr. The summed E-state index contributed by atoms with van der Waals surface area (Å²) in [5.74, 6) is 2.87. The molecule has 0 spiro atoms. The van der Waals surface area contributed by atoms with Crippen LogP contribution in [0.4, 0.5) is 13.2 Å². The number of halogens is 3. The quantitative estimate of drug-likeness (QED) is 0.600. The molecule has 1 aliphatic rings. The fourth-order valence-electron chi connectivity index (χ4n) is 2.43. The summed E-state index contributed by atoms with van der Waals surface area (Å²) in [5, 5.41) is -4.07. The van der Waals surface area contributed by atoms with Gasteiger partial charge in [0.1, 0.15) is 0 Å². The van der Waals surface area contributed by atoms with E-state index in [1.54, 1.807) is 6.08 Å². The third kappa shape index (κ3) is 3.10. The van der Waals surface area contributed by atoms with Crippen molar-refractivity contribution in [1.29, 1.82) is 0 Å². The summed E-state index contributed by atoms with van der Waals surface area (Å²) in [6, 6.07) is 0. The molecule has 0 aliphatic heterocycles. The van der Waals surface area contributed by atoms with Gasteiger partial charge in [0.15, 0.2) is 0 Å². The van der Waals surface area contributed by atoms with Crippen LogP contribution in [0.15, 0.2) is 19.8 Å². The molecule has 0 unspecified atom stereocenters. The molecule has 19 heavy (non-hydrogen) atoms. The molecule has 0 heterocycles. The normalized spacial score (nSPS) is 17.5. The average molecular weight is 417 g/mol. The van der Waals surface area contributed by atoms with E-state index < -0.39 is 39.4 Å². The van der Waals surface area contributed by atoms with E-state index in [1.807, 2.05) is 27.2 Å². The Kier molecular flexibility index (Phi) is 5.69. The van der Waals surface area contributed by atoms with E-state index >= 15 is 0 Å². The molecule has 0 aromatic heterocycles. The Balaban J connectivity index is 3.37. The van der Waals surface area contributed by atoms with Crippen LogP contribution < -0.4 is 9.78 Å². The summed E-state index contributed by atoms with van der Waals surface area (Å²) in [6.45, 7) is 0. The second-order valence-electron chi connectivity index (χ2n) is 5.12. The number of hydrogen-bond donors (Lipinski definition) is 3. The van der Waals surface area contributed by atoms with Crippen LogP contribution >= 0.6 is 0 Å². The predicted octanol–water partition coefficient (Wildman–Crippen LogP) is 2.11. The van der Waals surface area contributed by atoms with Gasteiger partial charge < -0.3 is 0 Å². The van der Waals surface area contributed by atoms with E-state index in [1.165, 1.54) is 11.5 Å². The van der Waals surface area contributed by atoms with Crippen molar-refractivity contribution in [1.82, 2.24) is 9.78 Å². The third-order valence-corrected chi connectivity index (χ3v) is 20.9. The van der Waals surface area contributed by atoms with Gasteiger partial charge in [-0.3, -0.25) is 0 Å². The first-order chi connectivity index (χ1) is 8.66. The molecule has 3 nitrogen and oxygen atoms in total. The third-order valence-electron chi connectivity index (χ3n) is 3.89. The van der Waals surface area contributed by atoms with Gasteiger partial charge in [0.25, 0.3) is 0 Å². The van der Waals surface area contributed by atoms with Crippen LogP contribution in [-0.2, 0) is 21.1 Å². The van der Waals surface area contributed by atoms with Gasteiger partial charge in [-0.1, -0.05) is 0 Å². The molecule has 0 amide bonds. The van der Waals surface area contributed by atoms with Crippen LogP contribution in [0.3, 0.4) is 0 Å². The molecule has 1 aliphatic carbocycles. The van der Waals surface area contributed by atoms with E-state index in [9.17, 15) is 13.2 Å². The monoisotopic (exact) mass is 417 g/mol. The first-order valence-corrected chi connectivity index (χ1v) is 17.4. The van der Waals surface area contributed by atoms with Gasteiger partial charge in [-0.05, 0) is 0 Å².